The van der Waals surface area contributed by atoms with E-state index < -0.39 is 0 Å². The standard InChI is InChI=1S/C13H25NO2.C5H10O2.CH4O/c1-11(2)10-16-13-5-7-14(3)6-4-12(8-13)9-15;1-5(2,3)7-4-6;1-2/h9,11-13H,4-8,10H2,1-3H3;4H,1-3H3;2H,1H3. The topological polar surface area (TPSA) is 76.1 Å². The van der Waals surface area contributed by atoms with Crippen LogP contribution < -0.4 is 0 Å². The molecule has 0 saturated carbocycles. The van der Waals surface area contributed by atoms with E-state index in [-0.39, 0.29) is 17.6 Å². The average molecular weight is 362 g/mol. The van der Waals surface area contributed by atoms with E-state index in [0.29, 0.717) is 12.4 Å². The number of ether oxygens (including phenoxy) is 2. The summed E-state index contributed by atoms with van der Waals surface area (Å²) in [6.45, 7) is 13.2. The van der Waals surface area contributed by atoms with E-state index in [0.717, 1.165) is 52.4 Å². The Morgan fingerprint density at radius 2 is 1.72 bits per heavy atom. The largest absolute Gasteiger partial charge is 0.462 e. The Balaban J connectivity index is 0. The van der Waals surface area contributed by atoms with Gasteiger partial charge in [0, 0.05) is 26.2 Å². The van der Waals surface area contributed by atoms with Gasteiger partial charge in [-0.25, -0.2) is 0 Å². The van der Waals surface area contributed by atoms with Gasteiger partial charge in [-0.2, -0.15) is 0 Å². The summed E-state index contributed by atoms with van der Waals surface area (Å²) < 4.78 is 10.4. The summed E-state index contributed by atoms with van der Waals surface area (Å²) in [5.74, 6) is 0.748. The predicted octanol–water partition coefficient (Wildman–Crippen LogP) is 2.52. The van der Waals surface area contributed by atoms with Crippen molar-refractivity contribution in [2.45, 2.75) is 65.6 Å². The third kappa shape index (κ3) is 17.6. The first kappa shape index (κ1) is 26.3. The molecule has 1 fully saturated rings. The van der Waals surface area contributed by atoms with Crippen LogP contribution in [0.4, 0.5) is 0 Å². The van der Waals surface area contributed by atoms with Crippen LogP contribution >= 0.6 is 0 Å². The van der Waals surface area contributed by atoms with Gasteiger partial charge in [0.15, 0.2) is 0 Å². The summed E-state index contributed by atoms with van der Waals surface area (Å²) in [5.41, 5.74) is -0.318. The van der Waals surface area contributed by atoms with Gasteiger partial charge < -0.3 is 24.3 Å². The van der Waals surface area contributed by atoms with Crippen LogP contribution in [0, 0.1) is 11.8 Å². The van der Waals surface area contributed by atoms with Crippen molar-refractivity contribution in [2.75, 3.05) is 33.9 Å². The van der Waals surface area contributed by atoms with E-state index in [1.54, 1.807) is 0 Å². The molecular weight excluding hydrogens is 322 g/mol. The van der Waals surface area contributed by atoms with E-state index in [4.69, 9.17) is 9.84 Å². The fourth-order valence-corrected chi connectivity index (χ4v) is 2.18. The molecule has 1 heterocycles. The molecule has 6 heteroatoms. The van der Waals surface area contributed by atoms with Gasteiger partial charge in [0.05, 0.1) is 6.10 Å². The number of likely N-dealkylation sites (tertiary alicyclic amines) is 1. The molecule has 2 atom stereocenters. The van der Waals surface area contributed by atoms with E-state index in [1.165, 1.54) is 0 Å². The second kappa shape index (κ2) is 15.3. The lowest BCUT2D eigenvalue weighted by molar-refractivity contribution is -0.138. The SMILES string of the molecule is CC(C)(C)OC=O.CC(C)COC1CCN(C)CCC(C=O)C1.CO. The van der Waals surface area contributed by atoms with Crippen LogP contribution in [0.5, 0.6) is 0 Å². The average Bonchev–Trinajstić information content (AvgIpc) is 2.52. The van der Waals surface area contributed by atoms with Crippen molar-refractivity contribution < 1.29 is 24.2 Å². The molecule has 0 spiro atoms. The van der Waals surface area contributed by atoms with E-state index in [2.05, 4.69) is 30.5 Å². The van der Waals surface area contributed by atoms with Gasteiger partial charge in [0.1, 0.15) is 11.9 Å². The number of aliphatic hydroxyl groups is 1. The fraction of sp³-hybridized carbons (Fsp3) is 0.895. The minimum absolute atomic E-state index is 0.180. The van der Waals surface area contributed by atoms with Crippen molar-refractivity contribution in [1.29, 1.82) is 0 Å². The highest BCUT2D eigenvalue weighted by Crippen LogP contribution is 2.18. The van der Waals surface area contributed by atoms with Gasteiger partial charge in [-0.15, -0.1) is 0 Å². The van der Waals surface area contributed by atoms with Gasteiger partial charge in [-0.05, 0) is 59.5 Å². The highest BCUT2D eigenvalue weighted by atomic mass is 16.5. The number of aliphatic hydroxyl groups excluding tert-OH is 1. The predicted molar refractivity (Wildman–Crippen MR) is 101 cm³/mol. The van der Waals surface area contributed by atoms with Crippen molar-refractivity contribution in [3.8, 4) is 0 Å². The molecule has 1 aliphatic rings. The molecule has 1 rings (SSSR count). The lowest BCUT2D eigenvalue weighted by atomic mass is 9.95. The zero-order chi connectivity index (χ0) is 19.9. The first-order chi connectivity index (χ1) is 11.7. The minimum Gasteiger partial charge on any atom is -0.462 e. The first-order valence-corrected chi connectivity index (χ1v) is 8.99. The maximum atomic E-state index is 10.9. The lowest BCUT2D eigenvalue weighted by Crippen LogP contribution is -2.32. The van der Waals surface area contributed by atoms with Crippen LogP contribution in [0.3, 0.4) is 0 Å². The number of hydrogen-bond acceptors (Lipinski definition) is 6. The van der Waals surface area contributed by atoms with Crippen molar-refractivity contribution in [3.63, 3.8) is 0 Å². The van der Waals surface area contributed by atoms with Gasteiger partial charge in [0.2, 0.25) is 0 Å². The van der Waals surface area contributed by atoms with Crippen LogP contribution in [0.1, 0.15) is 53.9 Å². The van der Waals surface area contributed by atoms with Gasteiger partial charge in [-0.3, -0.25) is 4.79 Å². The molecule has 0 radical (unpaired) electrons. The molecule has 6 nitrogen and oxygen atoms in total. The molecule has 1 N–H and O–H groups in total. The van der Waals surface area contributed by atoms with Gasteiger partial charge >= 0.3 is 0 Å². The molecule has 0 aromatic heterocycles. The Morgan fingerprint density at radius 1 is 1.16 bits per heavy atom. The smallest absolute Gasteiger partial charge is 0.293 e. The lowest BCUT2D eigenvalue weighted by Gasteiger charge is -2.28. The minimum atomic E-state index is -0.318. The van der Waals surface area contributed by atoms with Gasteiger partial charge in [0.25, 0.3) is 6.47 Å². The maximum Gasteiger partial charge on any atom is 0.293 e. The molecule has 0 aromatic carbocycles. The molecule has 2 unspecified atom stereocenters. The Bertz CT molecular complexity index is 326. The fourth-order valence-electron chi connectivity index (χ4n) is 2.18. The molecule has 0 aliphatic carbocycles. The maximum absolute atomic E-state index is 10.9. The Hall–Kier alpha value is -0.980. The molecule has 0 bridgehead atoms. The van der Waals surface area contributed by atoms with E-state index in [9.17, 15) is 9.59 Å². The number of aldehydes is 1. The summed E-state index contributed by atoms with van der Waals surface area (Å²) in [4.78, 5) is 22.8. The quantitative estimate of drug-likeness (QED) is 0.758. The Morgan fingerprint density at radius 3 is 2.12 bits per heavy atom. The highest BCUT2D eigenvalue weighted by Gasteiger charge is 2.21. The number of hydrogen-bond donors (Lipinski definition) is 1. The Labute approximate surface area is 153 Å². The number of carbonyl (C=O) groups excluding carboxylic acids is 2. The van der Waals surface area contributed by atoms with Crippen molar-refractivity contribution in [3.05, 3.63) is 0 Å². The molecule has 1 saturated heterocycles. The van der Waals surface area contributed by atoms with Crippen molar-refractivity contribution in [2.24, 2.45) is 11.8 Å². The highest BCUT2D eigenvalue weighted by molar-refractivity contribution is 5.53. The van der Waals surface area contributed by atoms with Crippen molar-refractivity contribution >= 4 is 12.8 Å². The molecule has 25 heavy (non-hydrogen) atoms. The summed E-state index contributed by atoms with van der Waals surface area (Å²) in [6.07, 6.45) is 4.30. The van der Waals surface area contributed by atoms with Crippen LogP contribution in [0.25, 0.3) is 0 Å². The van der Waals surface area contributed by atoms with E-state index in [1.807, 2.05) is 20.8 Å². The number of carbonyl (C=O) groups is 2. The molecule has 150 valence electrons. The number of nitrogens with zero attached hydrogens (tertiary/aromatic N) is 1. The first-order valence-electron chi connectivity index (χ1n) is 8.99. The summed E-state index contributed by atoms with van der Waals surface area (Å²) in [7, 11) is 3.12. The van der Waals surface area contributed by atoms with Crippen LogP contribution in [0.15, 0.2) is 0 Å². The third-order valence-electron chi connectivity index (χ3n) is 3.54. The summed E-state index contributed by atoms with van der Waals surface area (Å²) >= 11 is 0. The van der Waals surface area contributed by atoms with Crippen molar-refractivity contribution in [1.82, 2.24) is 4.90 Å². The van der Waals surface area contributed by atoms with Gasteiger partial charge in [-0.1, -0.05) is 13.8 Å². The van der Waals surface area contributed by atoms with E-state index >= 15 is 0 Å². The Kier molecular flexibility index (Phi) is 16.1. The molecule has 1 aliphatic heterocycles. The second-order valence-electron chi connectivity index (χ2n) is 7.69. The van der Waals surface area contributed by atoms with Crippen LogP contribution in [-0.2, 0) is 19.1 Å². The summed E-state index contributed by atoms with van der Waals surface area (Å²) in [5, 5.41) is 7.00. The summed E-state index contributed by atoms with van der Waals surface area (Å²) in [6, 6.07) is 0. The third-order valence-corrected chi connectivity index (χ3v) is 3.54. The zero-order valence-corrected chi connectivity index (χ0v) is 17.2. The molecular formula is C19H39NO5. The molecule has 0 amide bonds. The number of rotatable bonds is 5. The molecule has 0 aromatic rings. The monoisotopic (exact) mass is 361 g/mol. The zero-order valence-electron chi connectivity index (χ0n) is 17.2. The van der Waals surface area contributed by atoms with Crippen LogP contribution in [-0.4, -0.2) is 68.3 Å². The second-order valence-corrected chi connectivity index (χ2v) is 7.69. The normalized spacial score (nSPS) is 21.6. The van der Waals surface area contributed by atoms with Crippen LogP contribution in [0.2, 0.25) is 0 Å².